The number of nitrogens with zero attached hydrogens (tertiary/aromatic N) is 5. The fourth-order valence-electron chi connectivity index (χ4n) is 4.92. The van der Waals surface area contributed by atoms with Crippen LogP contribution in [0, 0.1) is 6.92 Å². The normalized spacial score (nSPS) is 21.3. The highest BCUT2D eigenvalue weighted by atomic mass is 16.3. The van der Waals surface area contributed by atoms with Crippen molar-refractivity contribution in [1.29, 1.82) is 0 Å². The quantitative estimate of drug-likeness (QED) is 0.629. The molecule has 0 radical (unpaired) electrons. The third kappa shape index (κ3) is 4.11. The van der Waals surface area contributed by atoms with Gasteiger partial charge in [-0.1, -0.05) is 26.0 Å². The Morgan fingerprint density at radius 2 is 2.06 bits per heavy atom. The molecule has 0 aliphatic heterocycles. The second-order valence-corrected chi connectivity index (χ2v) is 8.96. The van der Waals surface area contributed by atoms with Crippen LogP contribution in [0.2, 0.25) is 0 Å². The van der Waals surface area contributed by atoms with Crippen molar-refractivity contribution in [2.75, 3.05) is 7.05 Å². The van der Waals surface area contributed by atoms with Gasteiger partial charge in [-0.2, -0.15) is 0 Å². The summed E-state index contributed by atoms with van der Waals surface area (Å²) in [6.07, 6.45) is 5.95. The SMILES string of the molecule is Cc1nccn1[C@@H]1CC[C@@H](N(C)C(=O)CCCn2c(C(C)C)nc3ccccc32)[C@H]1O. The minimum atomic E-state index is -0.577. The summed E-state index contributed by atoms with van der Waals surface area (Å²) >= 11 is 0. The number of aliphatic hydroxyl groups excluding tert-OH is 1. The summed E-state index contributed by atoms with van der Waals surface area (Å²) in [5.41, 5.74) is 2.13. The van der Waals surface area contributed by atoms with Crippen LogP contribution in [-0.2, 0) is 11.3 Å². The van der Waals surface area contributed by atoms with Crippen LogP contribution in [0.5, 0.6) is 0 Å². The predicted octanol–water partition coefficient (Wildman–Crippen LogP) is 3.67. The molecule has 7 heteroatoms. The van der Waals surface area contributed by atoms with Crippen molar-refractivity contribution in [3.63, 3.8) is 0 Å². The van der Waals surface area contributed by atoms with Gasteiger partial charge in [-0.3, -0.25) is 4.79 Å². The number of aliphatic hydroxyl groups is 1. The first kappa shape index (κ1) is 21.6. The van der Waals surface area contributed by atoms with Crippen LogP contribution in [0.15, 0.2) is 36.7 Å². The van der Waals surface area contributed by atoms with Crippen molar-refractivity contribution >= 4 is 16.9 Å². The van der Waals surface area contributed by atoms with Crippen molar-refractivity contribution in [2.45, 2.75) is 77.1 Å². The molecule has 1 saturated carbocycles. The molecule has 0 unspecified atom stereocenters. The summed E-state index contributed by atoms with van der Waals surface area (Å²) in [5.74, 6) is 2.37. The van der Waals surface area contributed by atoms with Crippen molar-refractivity contribution in [3.05, 3.63) is 48.3 Å². The molecule has 0 bridgehead atoms. The molecule has 3 atom stereocenters. The van der Waals surface area contributed by atoms with Gasteiger partial charge in [0.25, 0.3) is 0 Å². The molecule has 1 fully saturated rings. The standard InChI is InChI=1S/C24H33N5O2/c1-16(2)24-26-18-8-5-6-9-19(18)29(24)14-7-10-22(30)27(4)20-11-12-21(23(20)31)28-15-13-25-17(28)3/h5-6,8-9,13,15-16,20-21,23,31H,7,10-12,14H2,1-4H3/t20-,21-,23-/m1/s1. The lowest BCUT2D eigenvalue weighted by Crippen LogP contribution is -2.43. The van der Waals surface area contributed by atoms with Crippen LogP contribution in [0.4, 0.5) is 0 Å². The number of carbonyl (C=O) groups is 1. The van der Waals surface area contributed by atoms with E-state index in [0.717, 1.165) is 48.5 Å². The highest BCUT2D eigenvalue weighted by molar-refractivity contribution is 5.77. The molecule has 1 aliphatic rings. The van der Waals surface area contributed by atoms with Crippen LogP contribution in [0.25, 0.3) is 11.0 Å². The molecule has 31 heavy (non-hydrogen) atoms. The zero-order valence-corrected chi connectivity index (χ0v) is 18.9. The van der Waals surface area contributed by atoms with Crippen LogP contribution in [-0.4, -0.2) is 54.2 Å². The van der Waals surface area contributed by atoms with E-state index < -0.39 is 6.10 Å². The third-order valence-corrected chi connectivity index (χ3v) is 6.63. The molecule has 1 aromatic carbocycles. The number of benzene rings is 1. The van der Waals surface area contributed by atoms with E-state index in [4.69, 9.17) is 4.98 Å². The molecule has 2 aromatic heterocycles. The van der Waals surface area contributed by atoms with Gasteiger partial charge in [0.2, 0.25) is 5.91 Å². The van der Waals surface area contributed by atoms with Gasteiger partial charge in [-0.05, 0) is 38.3 Å². The Bertz CT molecular complexity index is 1050. The highest BCUT2D eigenvalue weighted by Crippen LogP contribution is 2.34. The molecular weight excluding hydrogens is 390 g/mol. The van der Waals surface area contributed by atoms with E-state index in [2.05, 4.69) is 29.5 Å². The summed E-state index contributed by atoms with van der Waals surface area (Å²) in [4.78, 5) is 23.7. The fraction of sp³-hybridized carbons (Fsp3) is 0.542. The molecule has 0 spiro atoms. The second kappa shape index (κ2) is 8.83. The number of aromatic nitrogens is 4. The molecule has 3 aromatic rings. The van der Waals surface area contributed by atoms with Crippen LogP contribution in [0.1, 0.15) is 63.1 Å². The van der Waals surface area contributed by atoms with Gasteiger partial charge < -0.3 is 19.1 Å². The smallest absolute Gasteiger partial charge is 0.222 e. The summed E-state index contributed by atoms with van der Waals surface area (Å²) in [6, 6.07) is 8.00. The maximum absolute atomic E-state index is 12.9. The van der Waals surface area contributed by atoms with E-state index >= 15 is 0 Å². The molecule has 1 amide bonds. The largest absolute Gasteiger partial charge is 0.389 e. The number of para-hydroxylation sites is 2. The lowest BCUT2D eigenvalue weighted by molar-refractivity contribution is -0.134. The van der Waals surface area contributed by atoms with E-state index in [0.29, 0.717) is 12.3 Å². The van der Waals surface area contributed by atoms with Gasteiger partial charge >= 0.3 is 0 Å². The molecule has 0 saturated heterocycles. The minimum absolute atomic E-state index is 0.0198. The fourth-order valence-corrected chi connectivity index (χ4v) is 4.92. The van der Waals surface area contributed by atoms with Crippen molar-refractivity contribution in [1.82, 2.24) is 24.0 Å². The van der Waals surface area contributed by atoms with Crippen molar-refractivity contribution in [3.8, 4) is 0 Å². The monoisotopic (exact) mass is 423 g/mol. The van der Waals surface area contributed by atoms with Crippen LogP contribution in [0.3, 0.4) is 0 Å². The number of fused-ring (bicyclic) bond motifs is 1. The average molecular weight is 424 g/mol. The Morgan fingerprint density at radius 3 is 2.77 bits per heavy atom. The summed E-state index contributed by atoms with van der Waals surface area (Å²) in [6.45, 7) is 7.00. The number of imidazole rings is 2. The molecule has 7 nitrogen and oxygen atoms in total. The van der Waals surface area contributed by atoms with Crippen LogP contribution < -0.4 is 0 Å². The van der Waals surface area contributed by atoms with Gasteiger partial charge in [0.15, 0.2) is 0 Å². The van der Waals surface area contributed by atoms with Crippen molar-refractivity contribution in [2.24, 2.45) is 0 Å². The number of amides is 1. The molecular formula is C24H33N5O2. The minimum Gasteiger partial charge on any atom is -0.389 e. The van der Waals surface area contributed by atoms with E-state index in [-0.39, 0.29) is 18.0 Å². The first-order chi connectivity index (χ1) is 14.9. The zero-order valence-electron chi connectivity index (χ0n) is 18.9. The lowest BCUT2D eigenvalue weighted by atomic mass is 10.1. The Kier molecular flexibility index (Phi) is 6.14. The molecule has 4 rings (SSSR count). The molecule has 1 aliphatic carbocycles. The predicted molar refractivity (Wildman–Crippen MR) is 121 cm³/mol. The first-order valence-electron chi connectivity index (χ1n) is 11.3. The van der Waals surface area contributed by atoms with E-state index in [1.165, 1.54) is 0 Å². The van der Waals surface area contributed by atoms with E-state index in [9.17, 15) is 9.90 Å². The maximum atomic E-state index is 12.9. The van der Waals surface area contributed by atoms with Gasteiger partial charge in [-0.15, -0.1) is 0 Å². The van der Waals surface area contributed by atoms with Gasteiger partial charge in [-0.25, -0.2) is 9.97 Å². The molecule has 1 N–H and O–H groups in total. The first-order valence-corrected chi connectivity index (χ1v) is 11.3. The van der Waals surface area contributed by atoms with E-state index in [1.54, 1.807) is 11.1 Å². The summed E-state index contributed by atoms with van der Waals surface area (Å²) in [7, 11) is 1.82. The van der Waals surface area contributed by atoms with Crippen LogP contribution >= 0.6 is 0 Å². The number of aryl methyl sites for hydroxylation is 2. The zero-order chi connectivity index (χ0) is 22.1. The molecule has 166 valence electrons. The average Bonchev–Trinajstić information content (AvgIpc) is 3.44. The second-order valence-electron chi connectivity index (χ2n) is 8.96. The Labute approximate surface area is 183 Å². The number of carbonyl (C=O) groups excluding carboxylic acids is 1. The Hall–Kier alpha value is -2.67. The highest BCUT2D eigenvalue weighted by Gasteiger charge is 2.39. The number of hydrogen-bond acceptors (Lipinski definition) is 4. The maximum Gasteiger partial charge on any atom is 0.222 e. The van der Waals surface area contributed by atoms with Gasteiger partial charge in [0.05, 0.1) is 29.2 Å². The number of likely N-dealkylation sites (N-methyl/N-ethyl adjacent to an activating group) is 1. The topological polar surface area (TPSA) is 76.2 Å². The van der Waals surface area contributed by atoms with Crippen molar-refractivity contribution < 1.29 is 9.90 Å². The van der Waals surface area contributed by atoms with Gasteiger partial charge in [0.1, 0.15) is 11.6 Å². The summed E-state index contributed by atoms with van der Waals surface area (Å²) in [5, 5.41) is 10.9. The number of rotatable bonds is 7. The molecule has 2 heterocycles. The van der Waals surface area contributed by atoms with E-state index in [1.807, 2.05) is 42.9 Å². The summed E-state index contributed by atoms with van der Waals surface area (Å²) < 4.78 is 4.27. The van der Waals surface area contributed by atoms with Gasteiger partial charge in [0, 0.05) is 38.3 Å². The lowest BCUT2D eigenvalue weighted by Gasteiger charge is -2.29. The Morgan fingerprint density at radius 1 is 1.29 bits per heavy atom. The Balaban J connectivity index is 1.38. The number of hydrogen-bond donors (Lipinski definition) is 1. The third-order valence-electron chi connectivity index (χ3n) is 6.63.